The van der Waals surface area contributed by atoms with Crippen LogP contribution in [0, 0.1) is 5.92 Å². The zero-order chi connectivity index (χ0) is 9.97. The maximum absolute atomic E-state index is 5.94. The van der Waals surface area contributed by atoms with E-state index in [1.54, 1.807) is 0 Å². The number of hydrogen-bond donors (Lipinski definition) is 1. The number of rotatable bonds is 4. The van der Waals surface area contributed by atoms with Gasteiger partial charge in [-0.2, -0.15) is 0 Å². The Morgan fingerprint density at radius 1 is 1.50 bits per heavy atom. The molecule has 14 heavy (non-hydrogen) atoms. The highest BCUT2D eigenvalue weighted by atomic mass is 35.5. The average Bonchev–Trinajstić information content (AvgIpc) is 2.97. The molecule has 1 unspecified atom stereocenters. The third-order valence-electron chi connectivity index (χ3n) is 2.76. The van der Waals surface area contributed by atoms with Crippen molar-refractivity contribution in [1.82, 2.24) is 5.32 Å². The maximum Gasteiger partial charge on any atom is 0.0409 e. The SMILES string of the molecule is CC(NCC1CC1)c1cccc(Cl)c1. The standard InChI is InChI=1S/C12H16ClN/c1-9(14-8-10-5-6-10)11-3-2-4-12(13)7-11/h2-4,7,9-10,14H,5-6,8H2,1H3. The molecule has 1 saturated carbocycles. The average molecular weight is 210 g/mol. The van der Waals surface area contributed by atoms with Gasteiger partial charge in [-0.05, 0) is 49.9 Å². The number of hydrogen-bond acceptors (Lipinski definition) is 1. The molecule has 0 spiro atoms. The van der Waals surface area contributed by atoms with E-state index in [0.717, 1.165) is 17.5 Å². The molecule has 1 aromatic rings. The highest BCUT2D eigenvalue weighted by molar-refractivity contribution is 6.30. The van der Waals surface area contributed by atoms with Gasteiger partial charge in [0.15, 0.2) is 0 Å². The van der Waals surface area contributed by atoms with E-state index < -0.39 is 0 Å². The van der Waals surface area contributed by atoms with Gasteiger partial charge in [-0.1, -0.05) is 23.7 Å². The summed E-state index contributed by atoms with van der Waals surface area (Å²) >= 11 is 5.94. The molecule has 0 aliphatic heterocycles. The smallest absolute Gasteiger partial charge is 0.0409 e. The fourth-order valence-corrected chi connectivity index (χ4v) is 1.76. The van der Waals surface area contributed by atoms with Crippen LogP contribution in [0.4, 0.5) is 0 Å². The van der Waals surface area contributed by atoms with Crippen molar-refractivity contribution in [2.75, 3.05) is 6.54 Å². The second-order valence-corrected chi connectivity index (χ2v) is 4.56. The lowest BCUT2D eigenvalue weighted by Gasteiger charge is -2.13. The molecular weight excluding hydrogens is 194 g/mol. The minimum Gasteiger partial charge on any atom is -0.310 e. The molecule has 1 atom stereocenters. The van der Waals surface area contributed by atoms with Crippen molar-refractivity contribution >= 4 is 11.6 Å². The first-order valence-corrected chi connectivity index (χ1v) is 5.62. The Balaban J connectivity index is 1.91. The molecule has 76 valence electrons. The molecule has 1 aromatic carbocycles. The molecule has 1 aliphatic carbocycles. The molecule has 0 aromatic heterocycles. The second kappa shape index (κ2) is 4.33. The third kappa shape index (κ3) is 2.73. The van der Waals surface area contributed by atoms with Crippen molar-refractivity contribution in [2.24, 2.45) is 5.92 Å². The summed E-state index contributed by atoms with van der Waals surface area (Å²) in [5.41, 5.74) is 1.28. The molecule has 0 bridgehead atoms. The molecule has 2 rings (SSSR count). The van der Waals surface area contributed by atoms with Crippen molar-refractivity contribution in [3.8, 4) is 0 Å². The van der Waals surface area contributed by atoms with Crippen molar-refractivity contribution in [2.45, 2.75) is 25.8 Å². The maximum atomic E-state index is 5.94. The van der Waals surface area contributed by atoms with Crippen LogP contribution >= 0.6 is 11.6 Å². The minimum atomic E-state index is 0.411. The number of nitrogens with one attached hydrogen (secondary N) is 1. The van der Waals surface area contributed by atoms with E-state index >= 15 is 0 Å². The molecule has 0 saturated heterocycles. The molecule has 0 radical (unpaired) electrons. The van der Waals surface area contributed by atoms with E-state index in [1.165, 1.54) is 18.4 Å². The van der Waals surface area contributed by atoms with Gasteiger partial charge in [-0.3, -0.25) is 0 Å². The number of halogens is 1. The Morgan fingerprint density at radius 3 is 2.93 bits per heavy atom. The monoisotopic (exact) mass is 209 g/mol. The van der Waals surface area contributed by atoms with Crippen LogP contribution in [0.3, 0.4) is 0 Å². The van der Waals surface area contributed by atoms with Crippen LogP contribution in [0.15, 0.2) is 24.3 Å². The van der Waals surface area contributed by atoms with Gasteiger partial charge in [-0.15, -0.1) is 0 Å². The molecule has 1 aliphatic rings. The van der Waals surface area contributed by atoms with Crippen molar-refractivity contribution in [1.29, 1.82) is 0 Å². The topological polar surface area (TPSA) is 12.0 Å². The van der Waals surface area contributed by atoms with Gasteiger partial charge in [0.05, 0.1) is 0 Å². The summed E-state index contributed by atoms with van der Waals surface area (Å²) in [6.07, 6.45) is 2.80. The van der Waals surface area contributed by atoms with Crippen LogP contribution in [-0.4, -0.2) is 6.54 Å². The lowest BCUT2D eigenvalue weighted by atomic mass is 10.1. The Kier molecular flexibility index (Phi) is 3.09. The number of benzene rings is 1. The van der Waals surface area contributed by atoms with Crippen LogP contribution < -0.4 is 5.32 Å². The Hall–Kier alpha value is -0.530. The lowest BCUT2D eigenvalue weighted by Crippen LogP contribution is -2.20. The van der Waals surface area contributed by atoms with Crippen molar-refractivity contribution < 1.29 is 0 Å². The van der Waals surface area contributed by atoms with Crippen LogP contribution in [0.2, 0.25) is 5.02 Å². The fraction of sp³-hybridized carbons (Fsp3) is 0.500. The quantitative estimate of drug-likeness (QED) is 0.802. The summed E-state index contributed by atoms with van der Waals surface area (Å²) in [7, 11) is 0. The molecular formula is C12H16ClN. The Morgan fingerprint density at radius 2 is 2.29 bits per heavy atom. The van der Waals surface area contributed by atoms with Gasteiger partial charge in [-0.25, -0.2) is 0 Å². The van der Waals surface area contributed by atoms with E-state index in [4.69, 9.17) is 11.6 Å². The first-order chi connectivity index (χ1) is 6.75. The summed E-state index contributed by atoms with van der Waals surface area (Å²) in [4.78, 5) is 0. The van der Waals surface area contributed by atoms with Gasteiger partial charge < -0.3 is 5.32 Å². The van der Waals surface area contributed by atoms with Crippen LogP contribution in [0.25, 0.3) is 0 Å². The summed E-state index contributed by atoms with van der Waals surface area (Å²) in [5, 5.41) is 4.35. The zero-order valence-corrected chi connectivity index (χ0v) is 9.22. The summed E-state index contributed by atoms with van der Waals surface area (Å²) in [6.45, 7) is 3.34. The van der Waals surface area contributed by atoms with Gasteiger partial charge >= 0.3 is 0 Å². The first-order valence-electron chi connectivity index (χ1n) is 5.24. The van der Waals surface area contributed by atoms with Gasteiger partial charge in [0.25, 0.3) is 0 Å². The summed E-state index contributed by atoms with van der Waals surface area (Å²) in [6, 6.07) is 8.49. The molecule has 0 heterocycles. The minimum absolute atomic E-state index is 0.411. The first kappa shape index (κ1) is 10.0. The van der Waals surface area contributed by atoms with Crippen LogP contribution in [-0.2, 0) is 0 Å². The van der Waals surface area contributed by atoms with Crippen LogP contribution in [0.1, 0.15) is 31.4 Å². The molecule has 1 nitrogen and oxygen atoms in total. The predicted molar refractivity (Wildman–Crippen MR) is 60.6 cm³/mol. The summed E-state index contributed by atoms with van der Waals surface area (Å²) < 4.78 is 0. The molecule has 0 amide bonds. The van der Waals surface area contributed by atoms with Gasteiger partial charge in [0, 0.05) is 11.1 Å². The van der Waals surface area contributed by atoms with Crippen molar-refractivity contribution in [3.63, 3.8) is 0 Å². The largest absolute Gasteiger partial charge is 0.310 e. The van der Waals surface area contributed by atoms with Gasteiger partial charge in [0.1, 0.15) is 0 Å². The lowest BCUT2D eigenvalue weighted by molar-refractivity contribution is 0.549. The van der Waals surface area contributed by atoms with E-state index in [0.29, 0.717) is 6.04 Å². The Bertz CT molecular complexity index is 307. The Labute approximate surface area is 90.5 Å². The normalized spacial score (nSPS) is 18.1. The summed E-state index contributed by atoms with van der Waals surface area (Å²) in [5.74, 6) is 0.927. The highest BCUT2D eigenvalue weighted by Crippen LogP contribution is 2.28. The van der Waals surface area contributed by atoms with E-state index in [9.17, 15) is 0 Å². The third-order valence-corrected chi connectivity index (χ3v) is 2.99. The molecule has 2 heteroatoms. The van der Waals surface area contributed by atoms with Crippen LogP contribution in [0.5, 0.6) is 0 Å². The molecule has 1 fully saturated rings. The van der Waals surface area contributed by atoms with Gasteiger partial charge in [0.2, 0.25) is 0 Å². The van der Waals surface area contributed by atoms with E-state index in [1.807, 2.05) is 18.2 Å². The predicted octanol–water partition coefficient (Wildman–Crippen LogP) is 3.40. The highest BCUT2D eigenvalue weighted by Gasteiger charge is 2.21. The second-order valence-electron chi connectivity index (χ2n) is 4.13. The van der Waals surface area contributed by atoms with Crippen molar-refractivity contribution in [3.05, 3.63) is 34.9 Å². The zero-order valence-electron chi connectivity index (χ0n) is 8.46. The van der Waals surface area contributed by atoms with E-state index in [2.05, 4.69) is 18.3 Å². The fourth-order valence-electron chi connectivity index (χ4n) is 1.56. The molecule has 1 N–H and O–H groups in total. The van der Waals surface area contributed by atoms with E-state index in [-0.39, 0.29) is 0 Å².